The number of hydrazine groups is 1. The molecule has 4 rings (SSSR count). The second kappa shape index (κ2) is 8.07. The fraction of sp³-hybridized carbons (Fsp3) is 0.211. The van der Waals surface area contributed by atoms with Gasteiger partial charge in [-0.3, -0.25) is 20.8 Å². The van der Waals surface area contributed by atoms with Gasteiger partial charge in [0.1, 0.15) is 5.69 Å². The molecule has 2 aromatic carbocycles. The number of aromatic nitrogens is 1. The number of nitro benzene ring substituents is 1. The summed E-state index contributed by atoms with van der Waals surface area (Å²) in [6, 6.07) is 8.75. The predicted octanol–water partition coefficient (Wildman–Crippen LogP) is 1.30. The normalized spacial score (nSPS) is 14.7. The van der Waals surface area contributed by atoms with Crippen LogP contribution in [0.4, 0.5) is 11.4 Å². The summed E-state index contributed by atoms with van der Waals surface area (Å²) in [6.07, 6.45) is 1.65. The Morgan fingerprint density at radius 2 is 1.94 bits per heavy atom. The zero-order valence-electron chi connectivity index (χ0n) is 16.2. The summed E-state index contributed by atoms with van der Waals surface area (Å²) in [4.78, 5) is 30.8. The molecular weight excluding hydrogens is 426 g/mol. The van der Waals surface area contributed by atoms with Crippen molar-refractivity contribution in [1.82, 2.24) is 9.82 Å². The molecule has 0 unspecified atom stereocenters. The number of carbonyl (C=O) groups is 1. The van der Waals surface area contributed by atoms with E-state index in [0.29, 0.717) is 10.9 Å². The Labute approximate surface area is 177 Å². The Balaban J connectivity index is 2.06. The number of nitrogens with zero attached hydrogens (tertiary/aromatic N) is 2. The number of nitrogens with one attached hydrogen (secondary N) is 2. The number of nitro groups is 1. The number of fused-ring (bicyclic) bond motifs is 1. The molecule has 1 fully saturated rings. The molecule has 1 aliphatic rings. The van der Waals surface area contributed by atoms with Crippen molar-refractivity contribution in [2.24, 2.45) is 5.84 Å². The van der Waals surface area contributed by atoms with E-state index in [4.69, 9.17) is 10.6 Å². The molecule has 0 atom stereocenters. The van der Waals surface area contributed by atoms with Crippen LogP contribution in [-0.4, -0.2) is 50.4 Å². The van der Waals surface area contributed by atoms with E-state index in [1.807, 2.05) is 0 Å². The first-order valence-electron chi connectivity index (χ1n) is 9.32. The second-order valence-electron chi connectivity index (χ2n) is 6.86. The molecule has 0 amide bonds. The Bertz CT molecular complexity index is 1280. The highest BCUT2D eigenvalue weighted by Gasteiger charge is 2.35. The third-order valence-corrected chi connectivity index (χ3v) is 6.38. The molecule has 11 nitrogen and oxygen atoms in total. The van der Waals surface area contributed by atoms with Crippen LogP contribution in [0, 0.1) is 10.1 Å². The molecule has 1 aromatic heterocycles. The SMILES string of the molecule is NNS(=O)(=O)c1ccc([N+](=O)[O-])c(N2CCOCC2)c1C(=O)c1cccc2[nH]ccc12. The average molecular weight is 445 g/mol. The zero-order chi connectivity index (χ0) is 22.2. The zero-order valence-corrected chi connectivity index (χ0v) is 17.0. The summed E-state index contributed by atoms with van der Waals surface area (Å²) < 4.78 is 30.7. The molecule has 0 spiro atoms. The first-order chi connectivity index (χ1) is 14.8. The Kier molecular flexibility index (Phi) is 5.45. The van der Waals surface area contributed by atoms with Crippen LogP contribution in [0.3, 0.4) is 0 Å². The van der Waals surface area contributed by atoms with Crippen molar-refractivity contribution in [2.75, 3.05) is 31.2 Å². The van der Waals surface area contributed by atoms with Crippen LogP contribution in [0.2, 0.25) is 0 Å². The summed E-state index contributed by atoms with van der Waals surface area (Å²) in [7, 11) is -4.31. The average Bonchev–Trinajstić information content (AvgIpc) is 3.27. The van der Waals surface area contributed by atoms with Crippen molar-refractivity contribution in [3.63, 3.8) is 0 Å². The number of ketones is 1. The third-order valence-electron chi connectivity index (χ3n) is 5.15. The molecule has 0 radical (unpaired) electrons. The van der Waals surface area contributed by atoms with Crippen LogP contribution in [0.25, 0.3) is 10.9 Å². The van der Waals surface area contributed by atoms with Crippen molar-refractivity contribution in [2.45, 2.75) is 4.90 Å². The number of ether oxygens (including phenoxy) is 1. The molecule has 2 heterocycles. The van der Waals surface area contributed by atoms with E-state index < -0.39 is 25.6 Å². The molecule has 1 aliphatic heterocycles. The highest BCUT2D eigenvalue weighted by molar-refractivity contribution is 7.89. The van der Waals surface area contributed by atoms with Gasteiger partial charge in [-0.05, 0) is 18.2 Å². The molecule has 0 saturated carbocycles. The van der Waals surface area contributed by atoms with E-state index >= 15 is 0 Å². The number of aromatic amines is 1. The van der Waals surface area contributed by atoms with E-state index in [2.05, 4.69) is 4.98 Å². The lowest BCUT2D eigenvalue weighted by atomic mass is 9.97. The van der Waals surface area contributed by atoms with Crippen LogP contribution >= 0.6 is 0 Å². The number of morpholine rings is 1. The summed E-state index contributed by atoms with van der Waals surface area (Å²) >= 11 is 0. The Hall–Kier alpha value is -3.32. The number of H-pyrrole nitrogens is 1. The highest BCUT2D eigenvalue weighted by atomic mass is 32.2. The Morgan fingerprint density at radius 1 is 1.19 bits per heavy atom. The number of sulfonamides is 1. The van der Waals surface area contributed by atoms with Gasteiger partial charge in [-0.25, -0.2) is 8.42 Å². The number of carbonyl (C=O) groups excluding carboxylic acids is 1. The van der Waals surface area contributed by atoms with Crippen LogP contribution in [0.15, 0.2) is 47.5 Å². The Morgan fingerprint density at radius 3 is 2.61 bits per heavy atom. The summed E-state index contributed by atoms with van der Waals surface area (Å²) in [5.41, 5.74) is 0.139. The van der Waals surface area contributed by atoms with E-state index in [-0.39, 0.29) is 48.8 Å². The summed E-state index contributed by atoms with van der Waals surface area (Å²) in [6.45, 7) is 1.08. The number of hydrogen-bond donors (Lipinski definition) is 3. The van der Waals surface area contributed by atoms with Crippen LogP contribution in [0.1, 0.15) is 15.9 Å². The predicted molar refractivity (Wildman–Crippen MR) is 112 cm³/mol. The lowest BCUT2D eigenvalue weighted by Gasteiger charge is -2.30. The van der Waals surface area contributed by atoms with Crippen LogP contribution < -0.4 is 15.6 Å². The van der Waals surface area contributed by atoms with Gasteiger partial charge in [-0.2, -0.15) is 4.83 Å². The minimum Gasteiger partial charge on any atom is -0.378 e. The monoisotopic (exact) mass is 445 g/mol. The molecule has 162 valence electrons. The maximum absolute atomic E-state index is 13.8. The van der Waals surface area contributed by atoms with Crippen molar-refractivity contribution < 1.29 is 22.9 Å². The number of rotatable bonds is 6. The minimum absolute atomic E-state index is 0.0674. The molecular formula is C19H19N5O6S. The third kappa shape index (κ3) is 3.65. The smallest absolute Gasteiger partial charge is 0.293 e. The topological polar surface area (TPSA) is 161 Å². The second-order valence-corrected chi connectivity index (χ2v) is 8.54. The van der Waals surface area contributed by atoms with Gasteiger partial charge in [0.2, 0.25) is 0 Å². The molecule has 3 aromatic rings. The largest absolute Gasteiger partial charge is 0.378 e. The van der Waals surface area contributed by atoms with Crippen molar-refractivity contribution >= 4 is 38.1 Å². The molecule has 0 bridgehead atoms. The van der Waals surface area contributed by atoms with Gasteiger partial charge in [0.15, 0.2) is 5.78 Å². The lowest BCUT2D eigenvalue weighted by molar-refractivity contribution is -0.384. The maximum Gasteiger partial charge on any atom is 0.293 e. The highest BCUT2D eigenvalue weighted by Crippen LogP contribution is 2.38. The number of anilines is 1. The van der Waals surface area contributed by atoms with E-state index in [1.165, 1.54) is 0 Å². The van der Waals surface area contributed by atoms with Gasteiger partial charge in [-0.15, -0.1) is 0 Å². The van der Waals surface area contributed by atoms with Gasteiger partial charge in [-0.1, -0.05) is 12.1 Å². The van der Waals surface area contributed by atoms with Gasteiger partial charge < -0.3 is 14.6 Å². The number of nitrogens with two attached hydrogens (primary N) is 1. The van der Waals surface area contributed by atoms with Crippen molar-refractivity contribution in [3.05, 3.63) is 63.8 Å². The van der Waals surface area contributed by atoms with E-state index in [1.54, 1.807) is 40.2 Å². The van der Waals surface area contributed by atoms with Crippen LogP contribution in [0.5, 0.6) is 0 Å². The molecule has 4 N–H and O–H groups in total. The van der Waals surface area contributed by atoms with Gasteiger partial charge in [0.05, 0.1) is 28.6 Å². The van der Waals surface area contributed by atoms with Crippen molar-refractivity contribution in [3.8, 4) is 0 Å². The first kappa shape index (κ1) is 20.9. The van der Waals surface area contributed by atoms with E-state index in [0.717, 1.165) is 12.1 Å². The van der Waals surface area contributed by atoms with E-state index in [9.17, 15) is 23.3 Å². The molecule has 12 heteroatoms. The number of hydrogen-bond acceptors (Lipinski definition) is 8. The lowest BCUT2D eigenvalue weighted by Crippen LogP contribution is -2.38. The summed E-state index contributed by atoms with van der Waals surface area (Å²) in [5, 5.41) is 12.4. The van der Waals surface area contributed by atoms with Crippen molar-refractivity contribution in [1.29, 1.82) is 0 Å². The number of benzene rings is 2. The molecule has 0 aliphatic carbocycles. The van der Waals surface area contributed by atoms with Gasteiger partial charge in [0, 0.05) is 41.8 Å². The van der Waals surface area contributed by atoms with Gasteiger partial charge in [0.25, 0.3) is 15.7 Å². The fourth-order valence-electron chi connectivity index (χ4n) is 3.74. The standard InChI is InChI=1S/C19H19N5O6S/c20-22-31(28,29)16-5-4-15(24(26)27)18(23-8-10-30-11-9-23)17(16)19(25)13-2-1-3-14-12(13)6-7-21-14/h1-7,21-22H,8-11,20H2. The summed E-state index contributed by atoms with van der Waals surface area (Å²) in [5.74, 6) is 4.56. The minimum atomic E-state index is -4.31. The van der Waals surface area contributed by atoms with Crippen LogP contribution in [-0.2, 0) is 14.8 Å². The molecule has 31 heavy (non-hydrogen) atoms. The fourth-order valence-corrected chi connectivity index (χ4v) is 4.57. The van der Waals surface area contributed by atoms with Gasteiger partial charge >= 0.3 is 0 Å². The maximum atomic E-state index is 13.8. The first-order valence-corrected chi connectivity index (χ1v) is 10.8. The molecule has 1 saturated heterocycles. The quantitative estimate of drug-likeness (QED) is 0.221.